The van der Waals surface area contributed by atoms with E-state index in [0.29, 0.717) is 0 Å². The van der Waals surface area contributed by atoms with E-state index in [9.17, 15) is 0 Å². The fourth-order valence-electron chi connectivity index (χ4n) is 0. The van der Waals surface area contributed by atoms with Crippen molar-refractivity contribution in [2.24, 2.45) is 0 Å². The van der Waals surface area contributed by atoms with Crippen molar-refractivity contribution < 1.29 is 37.5 Å². The molecule has 0 aromatic carbocycles. The van der Waals surface area contributed by atoms with Gasteiger partial charge < -0.3 is 16.4 Å². The average Bonchev–Trinajstić information content (AvgIpc) is 0. The third-order valence-corrected chi connectivity index (χ3v) is 0. The predicted octanol–water partition coefficient (Wildman–Crippen LogP) is -0.278. The molecule has 0 bridgehead atoms. The summed E-state index contributed by atoms with van der Waals surface area (Å²) in [4.78, 5) is 0. The van der Waals surface area contributed by atoms with Crippen molar-refractivity contribution in [3.05, 3.63) is 7.43 Å². The van der Waals surface area contributed by atoms with Gasteiger partial charge in [-0.3, -0.25) is 0 Å². The molecule has 0 unspecified atom stereocenters. The summed E-state index contributed by atoms with van der Waals surface area (Å²) < 4.78 is 0. The summed E-state index contributed by atoms with van der Waals surface area (Å²) in [6.07, 6.45) is 0. The molecule has 0 saturated carbocycles. The molecule has 4 radical (unpaired) electrons. The topological polar surface area (TPSA) is 85.5 Å². The summed E-state index contributed by atoms with van der Waals surface area (Å²) in [7, 11) is 0. The Kier molecular flexibility index (Phi) is 13000. The van der Waals surface area contributed by atoms with E-state index in [-0.39, 0.29) is 44.9 Å². The number of hydrogen-bond acceptors (Lipinski definition) is 0. The monoisotopic (exact) mass is 244 g/mol. The molecule has 0 atom stereocenters. The SMILES string of the molecule is [C].[O-2].[O-2].[O-2].[W+6]. The van der Waals surface area contributed by atoms with Crippen molar-refractivity contribution >= 4 is 0 Å². The predicted molar refractivity (Wildman–Crippen MR) is 5.30 cm³/mol. The summed E-state index contributed by atoms with van der Waals surface area (Å²) >= 11 is 0. The van der Waals surface area contributed by atoms with Crippen molar-refractivity contribution in [2.45, 2.75) is 0 Å². The summed E-state index contributed by atoms with van der Waals surface area (Å²) in [5.41, 5.74) is 0. The van der Waals surface area contributed by atoms with Crippen molar-refractivity contribution in [3.8, 4) is 0 Å². The Morgan fingerprint density at radius 3 is 0.600 bits per heavy atom. The first-order valence-electron chi connectivity index (χ1n) is 0. The van der Waals surface area contributed by atoms with Gasteiger partial charge in [0.05, 0.1) is 0 Å². The molecule has 0 N–H and O–H groups in total. The van der Waals surface area contributed by atoms with Crippen LogP contribution in [0.3, 0.4) is 0 Å². The molecule has 0 aliphatic rings. The van der Waals surface area contributed by atoms with E-state index in [2.05, 4.69) is 0 Å². The van der Waals surface area contributed by atoms with Crippen LogP contribution in [0.2, 0.25) is 0 Å². The fourth-order valence-corrected chi connectivity index (χ4v) is 0. The van der Waals surface area contributed by atoms with Gasteiger partial charge >= 0.3 is 21.1 Å². The Bertz CT molecular complexity index is 6.85. The van der Waals surface area contributed by atoms with Crippen LogP contribution in [0.1, 0.15) is 0 Å². The Morgan fingerprint density at radius 1 is 0.600 bits per heavy atom. The molecule has 0 aliphatic carbocycles. The Morgan fingerprint density at radius 2 is 0.600 bits per heavy atom. The first-order valence-corrected chi connectivity index (χ1v) is 0. The van der Waals surface area contributed by atoms with E-state index >= 15 is 0 Å². The molecule has 5 heavy (non-hydrogen) atoms. The zero-order valence-electron chi connectivity index (χ0n) is 2.13. The van der Waals surface area contributed by atoms with Gasteiger partial charge in [0.2, 0.25) is 0 Å². The van der Waals surface area contributed by atoms with Crippen molar-refractivity contribution in [1.29, 1.82) is 0 Å². The molecule has 0 aliphatic heterocycles. The van der Waals surface area contributed by atoms with Crippen LogP contribution in [0.15, 0.2) is 0 Å². The zero-order valence-corrected chi connectivity index (χ0v) is 5.07. The van der Waals surface area contributed by atoms with Gasteiger partial charge in [-0.15, -0.1) is 0 Å². The summed E-state index contributed by atoms with van der Waals surface area (Å²) in [5, 5.41) is 0. The standard InChI is InChI=1S/C.3O.W/q;3*-2;+6. The second-order valence-electron chi connectivity index (χ2n) is 0. The van der Waals surface area contributed by atoms with Crippen LogP contribution < -0.4 is 0 Å². The van der Waals surface area contributed by atoms with Crippen molar-refractivity contribution in [1.82, 2.24) is 0 Å². The molecule has 0 spiro atoms. The van der Waals surface area contributed by atoms with Crippen LogP contribution in [-0.2, 0) is 37.5 Å². The molecule has 0 aromatic heterocycles. The normalized spacial score (nSPS) is 0. The minimum Gasteiger partial charge on any atom is -2.00 e. The Hall–Kier alpha value is 0.568. The molecule has 0 amide bonds. The number of hydrogen-bond donors (Lipinski definition) is 0. The maximum Gasteiger partial charge on any atom is 6.00 e. The molecule has 0 aromatic rings. The molecule has 0 heterocycles. The second-order valence-corrected chi connectivity index (χ2v) is 0. The van der Waals surface area contributed by atoms with Gasteiger partial charge in [0.1, 0.15) is 0 Å². The van der Waals surface area contributed by atoms with Gasteiger partial charge in [-0.05, 0) is 0 Å². The third-order valence-electron chi connectivity index (χ3n) is 0. The van der Waals surface area contributed by atoms with Gasteiger partial charge in [-0.25, -0.2) is 0 Å². The molecular formula is CO3W. The maximum absolute atomic E-state index is 0. The van der Waals surface area contributed by atoms with Crippen LogP contribution in [0.5, 0.6) is 0 Å². The summed E-state index contributed by atoms with van der Waals surface area (Å²) in [6.45, 7) is 0. The van der Waals surface area contributed by atoms with Crippen molar-refractivity contribution in [3.63, 3.8) is 0 Å². The third kappa shape index (κ3) is 93.3. The Balaban J connectivity index is 0. The maximum atomic E-state index is 0. The van der Waals surface area contributed by atoms with Gasteiger partial charge in [0.25, 0.3) is 0 Å². The van der Waals surface area contributed by atoms with Crippen LogP contribution >= 0.6 is 0 Å². The van der Waals surface area contributed by atoms with Crippen LogP contribution in [0.25, 0.3) is 0 Å². The molecule has 0 rings (SSSR count). The van der Waals surface area contributed by atoms with Crippen LogP contribution in [-0.4, -0.2) is 0 Å². The molecule has 4 heteroatoms. The van der Waals surface area contributed by atoms with E-state index in [4.69, 9.17) is 0 Å². The second kappa shape index (κ2) is 180. The Labute approximate surface area is 45.6 Å². The minimum absolute atomic E-state index is 0. The summed E-state index contributed by atoms with van der Waals surface area (Å²) in [5.74, 6) is 0. The first-order chi connectivity index (χ1) is 0. The molecular weight excluding hydrogens is 244 g/mol. The summed E-state index contributed by atoms with van der Waals surface area (Å²) in [6, 6.07) is 0. The molecule has 3 nitrogen and oxygen atoms in total. The van der Waals surface area contributed by atoms with E-state index in [0.717, 1.165) is 0 Å². The van der Waals surface area contributed by atoms with E-state index in [1.807, 2.05) is 0 Å². The first kappa shape index (κ1) is 360. The van der Waals surface area contributed by atoms with E-state index < -0.39 is 0 Å². The van der Waals surface area contributed by atoms with Crippen LogP contribution in [0, 0.1) is 7.43 Å². The molecule has 28 valence electrons. The molecule has 0 fully saturated rings. The van der Waals surface area contributed by atoms with Crippen LogP contribution in [0.4, 0.5) is 0 Å². The largest absolute Gasteiger partial charge is 6.00 e. The zero-order chi connectivity index (χ0) is 0. The van der Waals surface area contributed by atoms with Gasteiger partial charge in [0, 0.05) is 7.43 Å². The van der Waals surface area contributed by atoms with Gasteiger partial charge in [-0.2, -0.15) is 0 Å². The van der Waals surface area contributed by atoms with E-state index in [1.165, 1.54) is 0 Å². The van der Waals surface area contributed by atoms with Crippen molar-refractivity contribution in [2.75, 3.05) is 0 Å². The quantitative estimate of drug-likeness (QED) is 0.561. The average molecular weight is 244 g/mol. The van der Waals surface area contributed by atoms with Gasteiger partial charge in [0.15, 0.2) is 0 Å². The smallest absolute Gasteiger partial charge is 2.00 e. The minimum atomic E-state index is 0. The number of rotatable bonds is 0. The van der Waals surface area contributed by atoms with E-state index in [1.54, 1.807) is 0 Å². The fraction of sp³-hybridized carbons (Fsp3) is 0. The van der Waals surface area contributed by atoms with Gasteiger partial charge in [-0.1, -0.05) is 0 Å². The molecule has 0 saturated heterocycles.